The van der Waals surface area contributed by atoms with Gasteiger partial charge >= 0.3 is 0 Å². The molecule has 1 aliphatic heterocycles. The minimum absolute atomic E-state index is 1.02. The molecule has 1 saturated heterocycles. The SMILES string of the molecule is CSc1ccc2c3ccnc(C)c3n(N3CCNCC3)c2c1. The van der Waals surface area contributed by atoms with E-state index in [0.717, 1.165) is 31.9 Å². The minimum atomic E-state index is 1.02. The number of thioether (sulfide) groups is 1. The van der Waals surface area contributed by atoms with Crippen molar-refractivity contribution < 1.29 is 0 Å². The van der Waals surface area contributed by atoms with Crippen molar-refractivity contribution in [3.05, 3.63) is 36.2 Å². The lowest BCUT2D eigenvalue weighted by molar-refractivity contribution is 0.507. The first kappa shape index (κ1) is 13.9. The van der Waals surface area contributed by atoms with Crippen LogP contribution >= 0.6 is 11.8 Å². The fourth-order valence-electron chi connectivity index (χ4n) is 3.35. The molecule has 4 nitrogen and oxygen atoms in total. The van der Waals surface area contributed by atoms with Crippen LogP contribution in [0.3, 0.4) is 0 Å². The Balaban J connectivity index is 2.07. The number of piperazine rings is 1. The van der Waals surface area contributed by atoms with E-state index in [-0.39, 0.29) is 0 Å². The van der Waals surface area contributed by atoms with E-state index in [0.29, 0.717) is 0 Å². The maximum atomic E-state index is 4.53. The number of benzene rings is 1. The van der Waals surface area contributed by atoms with Gasteiger partial charge in [0.25, 0.3) is 0 Å². The lowest BCUT2D eigenvalue weighted by atomic mass is 10.2. The zero-order valence-corrected chi connectivity index (χ0v) is 13.8. The average molecular weight is 312 g/mol. The molecular formula is C17H20N4S. The van der Waals surface area contributed by atoms with Gasteiger partial charge in [0.2, 0.25) is 0 Å². The van der Waals surface area contributed by atoms with Gasteiger partial charge in [0.15, 0.2) is 0 Å². The summed E-state index contributed by atoms with van der Waals surface area (Å²) < 4.78 is 2.40. The van der Waals surface area contributed by atoms with E-state index in [1.807, 2.05) is 6.20 Å². The monoisotopic (exact) mass is 312 g/mol. The topological polar surface area (TPSA) is 33.1 Å². The van der Waals surface area contributed by atoms with Crippen molar-refractivity contribution in [2.75, 3.05) is 37.4 Å². The molecule has 0 unspecified atom stereocenters. The number of nitrogens with zero attached hydrogens (tertiary/aromatic N) is 3. The summed E-state index contributed by atoms with van der Waals surface area (Å²) in [5.74, 6) is 0. The van der Waals surface area contributed by atoms with Gasteiger partial charge in [-0.05, 0) is 31.4 Å². The predicted octanol–water partition coefficient (Wildman–Crippen LogP) is 2.76. The molecule has 0 bridgehead atoms. The number of aryl methyl sites for hydroxylation is 1. The Morgan fingerprint density at radius 2 is 1.95 bits per heavy atom. The quantitative estimate of drug-likeness (QED) is 0.738. The van der Waals surface area contributed by atoms with Crippen molar-refractivity contribution in [3.63, 3.8) is 0 Å². The molecule has 1 fully saturated rings. The Hall–Kier alpha value is -1.72. The molecule has 22 heavy (non-hydrogen) atoms. The highest BCUT2D eigenvalue weighted by molar-refractivity contribution is 7.98. The molecule has 4 rings (SSSR count). The molecule has 0 saturated carbocycles. The zero-order valence-electron chi connectivity index (χ0n) is 13.0. The molecule has 1 aromatic carbocycles. The highest BCUT2D eigenvalue weighted by Gasteiger charge is 2.19. The van der Waals surface area contributed by atoms with Crippen molar-refractivity contribution >= 4 is 33.6 Å². The van der Waals surface area contributed by atoms with Gasteiger partial charge in [-0.25, -0.2) is 0 Å². The van der Waals surface area contributed by atoms with Crippen LogP contribution in [0.5, 0.6) is 0 Å². The first-order chi connectivity index (χ1) is 10.8. The van der Waals surface area contributed by atoms with E-state index in [4.69, 9.17) is 0 Å². The highest BCUT2D eigenvalue weighted by Crippen LogP contribution is 2.32. The van der Waals surface area contributed by atoms with E-state index >= 15 is 0 Å². The lowest BCUT2D eigenvalue weighted by Crippen LogP contribution is -2.49. The lowest BCUT2D eigenvalue weighted by Gasteiger charge is -2.32. The second kappa shape index (κ2) is 5.48. The Labute approximate surface area is 134 Å². The number of pyridine rings is 1. The summed E-state index contributed by atoms with van der Waals surface area (Å²) in [4.78, 5) is 5.84. The minimum Gasteiger partial charge on any atom is -0.313 e. The van der Waals surface area contributed by atoms with E-state index < -0.39 is 0 Å². The summed E-state index contributed by atoms with van der Waals surface area (Å²) in [5.41, 5.74) is 3.63. The van der Waals surface area contributed by atoms with Gasteiger partial charge in [0, 0.05) is 48.0 Å². The van der Waals surface area contributed by atoms with E-state index in [9.17, 15) is 0 Å². The van der Waals surface area contributed by atoms with Crippen LogP contribution in [-0.4, -0.2) is 42.1 Å². The summed E-state index contributed by atoms with van der Waals surface area (Å²) in [6.07, 6.45) is 4.05. The van der Waals surface area contributed by atoms with E-state index in [1.165, 1.54) is 26.7 Å². The molecule has 2 aromatic heterocycles. The van der Waals surface area contributed by atoms with Gasteiger partial charge in [-0.2, -0.15) is 0 Å². The molecule has 0 aliphatic carbocycles. The fourth-order valence-corrected chi connectivity index (χ4v) is 3.79. The van der Waals surface area contributed by atoms with Gasteiger partial charge in [-0.15, -0.1) is 11.8 Å². The van der Waals surface area contributed by atoms with Crippen LogP contribution in [0, 0.1) is 6.92 Å². The molecule has 5 heteroatoms. The summed E-state index contributed by atoms with van der Waals surface area (Å²) in [6, 6.07) is 8.91. The van der Waals surface area contributed by atoms with Gasteiger partial charge in [-0.3, -0.25) is 9.66 Å². The summed E-state index contributed by atoms with van der Waals surface area (Å²) in [5, 5.41) is 8.50. The Morgan fingerprint density at radius 1 is 1.14 bits per heavy atom. The van der Waals surface area contributed by atoms with Crippen molar-refractivity contribution in [2.24, 2.45) is 0 Å². The maximum Gasteiger partial charge on any atom is 0.0920 e. The maximum absolute atomic E-state index is 4.53. The van der Waals surface area contributed by atoms with Crippen LogP contribution < -0.4 is 10.3 Å². The number of hydrogen-bond donors (Lipinski definition) is 1. The second-order valence-corrected chi connectivity index (χ2v) is 6.57. The predicted molar refractivity (Wildman–Crippen MR) is 94.6 cm³/mol. The summed E-state index contributed by atoms with van der Waals surface area (Å²) >= 11 is 1.79. The zero-order chi connectivity index (χ0) is 15.1. The van der Waals surface area contributed by atoms with Crippen LogP contribution in [0.25, 0.3) is 21.8 Å². The van der Waals surface area contributed by atoms with Crippen molar-refractivity contribution in [3.8, 4) is 0 Å². The number of aromatic nitrogens is 2. The fraction of sp³-hybridized carbons (Fsp3) is 0.353. The van der Waals surface area contributed by atoms with Crippen LogP contribution in [0.2, 0.25) is 0 Å². The molecule has 0 spiro atoms. The van der Waals surface area contributed by atoms with Crippen molar-refractivity contribution in [1.82, 2.24) is 15.0 Å². The normalized spacial score (nSPS) is 15.8. The smallest absolute Gasteiger partial charge is 0.0920 e. The van der Waals surface area contributed by atoms with Crippen LogP contribution in [0.4, 0.5) is 0 Å². The molecule has 0 atom stereocenters. The number of fused-ring (bicyclic) bond motifs is 3. The van der Waals surface area contributed by atoms with Gasteiger partial charge in [0.1, 0.15) is 0 Å². The molecule has 0 radical (unpaired) electrons. The second-order valence-electron chi connectivity index (χ2n) is 5.69. The molecule has 114 valence electrons. The molecule has 3 aromatic rings. The molecule has 1 N–H and O–H groups in total. The standard InChI is InChI=1S/C17H20N4S/c1-12-17-15(5-6-19-12)14-4-3-13(22-2)11-16(14)21(17)20-9-7-18-8-10-20/h3-6,11,18H,7-10H2,1-2H3. The largest absolute Gasteiger partial charge is 0.313 e. The number of nitrogens with one attached hydrogen (secondary N) is 1. The van der Waals surface area contributed by atoms with E-state index in [1.54, 1.807) is 11.8 Å². The highest BCUT2D eigenvalue weighted by atomic mass is 32.2. The third-order valence-corrected chi connectivity index (χ3v) is 5.14. The first-order valence-corrected chi connectivity index (χ1v) is 8.92. The summed E-state index contributed by atoms with van der Waals surface area (Å²) in [7, 11) is 0. The van der Waals surface area contributed by atoms with Crippen LogP contribution in [-0.2, 0) is 0 Å². The number of hydrogen-bond acceptors (Lipinski definition) is 4. The molecule has 0 amide bonds. The molecular weight excluding hydrogens is 292 g/mol. The van der Waals surface area contributed by atoms with Crippen molar-refractivity contribution in [1.29, 1.82) is 0 Å². The Kier molecular flexibility index (Phi) is 3.47. The Morgan fingerprint density at radius 3 is 2.73 bits per heavy atom. The number of rotatable bonds is 2. The van der Waals surface area contributed by atoms with E-state index in [2.05, 4.69) is 57.4 Å². The van der Waals surface area contributed by atoms with Crippen LogP contribution in [0.15, 0.2) is 35.4 Å². The van der Waals surface area contributed by atoms with Gasteiger partial charge in [0.05, 0.1) is 16.7 Å². The third kappa shape index (κ3) is 2.08. The van der Waals surface area contributed by atoms with Crippen LogP contribution in [0.1, 0.15) is 5.69 Å². The Bertz CT molecular complexity index is 833. The van der Waals surface area contributed by atoms with Gasteiger partial charge < -0.3 is 10.3 Å². The van der Waals surface area contributed by atoms with Crippen molar-refractivity contribution in [2.45, 2.75) is 11.8 Å². The molecule has 1 aliphatic rings. The van der Waals surface area contributed by atoms with Gasteiger partial charge in [-0.1, -0.05) is 6.07 Å². The summed E-state index contributed by atoms with van der Waals surface area (Å²) in [6.45, 7) is 6.22. The molecule has 3 heterocycles. The third-order valence-electron chi connectivity index (χ3n) is 4.42. The first-order valence-electron chi connectivity index (χ1n) is 7.69. The average Bonchev–Trinajstić information content (AvgIpc) is 2.90.